The molecule has 36 heavy (non-hydrogen) atoms. The second kappa shape index (κ2) is 11.3. The second-order valence-corrected chi connectivity index (χ2v) is 9.15. The zero-order chi connectivity index (χ0) is 24.7. The van der Waals surface area contributed by atoms with Gasteiger partial charge >= 0.3 is 5.97 Å². The smallest absolute Gasteiger partial charge is 0.353 e. The summed E-state index contributed by atoms with van der Waals surface area (Å²) in [5, 5.41) is 6.15. The number of carbonyl (C=O) groups excluding carboxylic acids is 1. The number of aromatic nitrogens is 3. The van der Waals surface area contributed by atoms with E-state index >= 15 is 0 Å². The fourth-order valence-electron chi connectivity index (χ4n) is 3.93. The minimum Gasteiger partial charge on any atom is -0.493 e. The molecule has 188 valence electrons. The minimum absolute atomic E-state index is 0.337. The molecule has 0 saturated carbocycles. The fraction of sp³-hybridized carbons (Fsp3) is 0.375. The molecule has 0 bridgehead atoms. The Bertz CT molecular complexity index is 1210. The number of hydrazone groups is 1. The van der Waals surface area contributed by atoms with Gasteiger partial charge in [-0.2, -0.15) is 20.1 Å². The molecule has 0 radical (unpaired) electrons. The van der Waals surface area contributed by atoms with Crippen LogP contribution in [-0.2, 0) is 4.74 Å². The number of morpholine rings is 1. The van der Waals surface area contributed by atoms with Gasteiger partial charge in [0.05, 0.1) is 26.5 Å². The highest BCUT2D eigenvalue weighted by Crippen LogP contribution is 2.29. The topological polar surface area (TPSA) is 114 Å². The summed E-state index contributed by atoms with van der Waals surface area (Å²) < 4.78 is 16.4. The van der Waals surface area contributed by atoms with Crippen LogP contribution in [0.5, 0.6) is 11.5 Å². The summed E-state index contributed by atoms with van der Waals surface area (Å²) in [6.45, 7) is 4.61. The van der Waals surface area contributed by atoms with E-state index < -0.39 is 5.97 Å². The lowest BCUT2D eigenvalue weighted by Crippen LogP contribution is -2.38. The number of methoxy groups -OCH3 is 1. The summed E-state index contributed by atoms with van der Waals surface area (Å²) in [5.74, 6) is 1.98. The van der Waals surface area contributed by atoms with E-state index in [2.05, 4.69) is 30.3 Å². The third kappa shape index (κ3) is 5.71. The van der Waals surface area contributed by atoms with E-state index in [0.29, 0.717) is 47.4 Å². The van der Waals surface area contributed by atoms with Crippen molar-refractivity contribution in [1.82, 2.24) is 15.0 Å². The van der Waals surface area contributed by atoms with Crippen molar-refractivity contribution in [2.75, 3.05) is 61.7 Å². The van der Waals surface area contributed by atoms with Crippen molar-refractivity contribution in [2.45, 2.75) is 12.8 Å². The van der Waals surface area contributed by atoms with Crippen molar-refractivity contribution in [3.8, 4) is 11.5 Å². The van der Waals surface area contributed by atoms with Gasteiger partial charge in [-0.15, -0.1) is 11.3 Å². The highest BCUT2D eigenvalue weighted by Gasteiger charge is 2.21. The molecule has 2 fully saturated rings. The number of ether oxygens (including phenoxy) is 3. The van der Waals surface area contributed by atoms with Crippen LogP contribution >= 0.6 is 11.3 Å². The number of benzene rings is 1. The molecule has 1 aromatic carbocycles. The van der Waals surface area contributed by atoms with Crippen LogP contribution in [0.2, 0.25) is 0 Å². The van der Waals surface area contributed by atoms with E-state index in [0.717, 1.165) is 44.6 Å². The highest BCUT2D eigenvalue weighted by molar-refractivity contribution is 7.12. The molecule has 0 aliphatic carbocycles. The largest absolute Gasteiger partial charge is 0.493 e. The van der Waals surface area contributed by atoms with E-state index in [9.17, 15) is 4.79 Å². The van der Waals surface area contributed by atoms with E-state index in [1.807, 2.05) is 5.38 Å². The minimum atomic E-state index is -0.425. The molecule has 0 amide bonds. The summed E-state index contributed by atoms with van der Waals surface area (Å²) in [5.41, 5.74) is 3.68. The number of esters is 1. The molecule has 0 atom stereocenters. The SMILES string of the molecule is COc1cc(/C=N/Nc2nc(N3CCCC3)nc(N3CCOCC3)n2)ccc1OC(=O)c1cccs1. The molecule has 3 aromatic rings. The van der Waals surface area contributed by atoms with Crippen molar-refractivity contribution < 1.29 is 19.0 Å². The Kier molecular flexibility index (Phi) is 7.52. The molecule has 11 nitrogen and oxygen atoms in total. The van der Waals surface area contributed by atoms with Gasteiger partial charge in [-0.1, -0.05) is 6.07 Å². The van der Waals surface area contributed by atoms with Crippen molar-refractivity contribution in [3.63, 3.8) is 0 Å². The van der Waals surface area contributed by atoms with Crippen LogP contribution in [0.3, 0.4) is 0 Å². The quantitative estimate of drug-likeness (QED) is 0.210. The number of rotatable bonds is 8. The van der Waals surface area contributed by atoms with Gasteiger partial charge in [-0.25, -0.2) is 10.2 Å². The first-order chi connectivity index (χ1) is 17.7. The Morgan fingerprint density at radius 1 is 1.06 bits per heavy atom. The van der Waals surface area contributed by atoms with Gasteiger partial charge in [0, 0.05) is 26.2 Å². The van der Waals surface area contributed by atoms with Crippen molar-refractivity contribution >= 4 is 41.4 Å². The molecule has 2 aromatic heterocycles. The number of carbonyl (C=O) groups is 1. The van der Waals surface area contributed by atoms with Crippen LogP contribution in [0, 0.1) is 0 Å². The monoisotopic (exact) mass is 509 g/mol. The molecule has 2 saturated heterocycles. The van der Waals surface area contributed by atoms with Gasteiger partial charge in [0.2, 0.25) is 17.8 Å². The predicted molar refractivity (Wildman–Crippen MR) is 138 cm³/mol. The van der Waals surface area contributed by atoms with Gasteiger partial charge in [0.15, 0.2) is 11.5 Å². The first-order valence-electron chi connectivity index (χ1n) is 11.8. The Hall–Kier alpha value is -3.77. The highest BCUT2D eigenvalue weighted by atomic mass is 32.1. The average molecular weight is 510 g/mol. The van der Waals surface area contributed by atoms with Crippen molar-refractivity contribution in [1.29, 1.82) is 0 Å². The number of nitrogens with zero attached hydrogens (tertiary/aromatic N) is 6. The number of nitrogens with one attached hydrogen (secondary N) is 1. The Morgan fingerprint density at radius 2 is 1.81 bits per heavy atom. The fourth-order valence-corrected chi connectivity index (χ4v) is 4.52. The first-order valence-corrected chi connectivity index (χ1v) is 12.6. The lowest BCUT2D eigenvalue weighted by Gasteiger charge is -2.27. The Balaban J connectivity index is 1.30. The summed E-state index contributed by atoms with van der Waals surface area (Å²) in [4.78, 5) is 30.9. The molecule has 4 heterocycles. The van der Waals surface area contributed by atoms with Gasteiger partial charge < -0.3 is 24.0 Å². The molecular formula is C24H27N7O4S. The third-order valence-corrected chi connectivity index (χ3v) is 6.64. The van der Waals surface area contributed by atoms with Gasteiger partial charge in [0.1, 0.15) is 4.88 Å². The number of thiophene rings is 1. The van der Waals surface area contributed by atoms with Crippen LogP contribution in [0.25, 0.3) is 0 Å². The van der Waals surface area contributed by atoms with E-state index in [-0.39, 0.29) is 0 Å². The summed E-state index contributed by atoms with van der Waals surface area (Å²) in [7, 11) is 1.52. The molecule has 0 spiro atoms. The summed E-state index contributed by atoms with van der Waals surface area (Å²) >= 11 is 1.32. The predicted octanol–water partition coefficient (Wildman–Crippen LogP) is 3.04. The van der Waals surface area contributed by atoms with Crippen LogP contribution < -0.4 is 24.7 Å². The number of anilines is 3. The maximum Gasteiger partial charge on any atom is 0.353 e. The second-order valence-electron chi connectivity index (χ2n) is 8.20. The van der Waals surface area contributed by atoms with E-state index in [1.54, 1.807) is 36.5 Å². The summed E-state index contributed by atoms with van der Waals surface area (Å²) in [6.07, 6.45) is 3.88. The maximum atomic E-state index is 12.3. The lowest BCUT2D eigenvalue weighted by atomic mass is 10.2. The molecule has 2 aliphatic heterocycles. The first kappa shape index (κ1) is 23.9. The average Bonchev–Trinajstić information content (AvgIpc) is 3.65. The Morgan fingerprint density at radius 3 is 2.50 bits per heavy atom. The van der Waals surface area contributed by atoms with Crippen LogP contribution in [-0.4, -0.2) is 73.6 Å². The van der Waals surface area contributed by atoms with E-state index in [4.69, 9.17) is 19.2 Å². The molecular weight excluding hydrogens is 482 g/mol. The van der Waals surface area contributed by atoms with Crippen LogP contribution in [0.1, 0.15) is 28.1 Å². The maximum absolute atomic E-state index is 12.3. The van der Waals surface area contributed by atoms with Crippen molar-refractivity contribution in [3.05, 3.63) is 46.2 Å². The molecule has 12 heteroatoms. The number of hydrogen-bond donors (Lipinski definition) is 1. The van der Waals surface area contributed by atoms with Crippen LogP contribution in [0.15, 0.2) is 40.8 Å². The van der Waals surface area contributed by atoms with Gasteiger partial charge in [-0.3, -0.25) is 0 Å². The molecule has 5 rings (SSSR count). The van der Waals surface area contributed by atoms with Gasteiger partial charge in [-0.05, 0) is 48.1 Å². The molecule has 0 unspecified atom stereocenters. The zero-order valence-electron chi connectivity index (χ0n) is 19.9. The van der Waals surface area contributed by atoms with E-state index in [1.165, 1.54) is 18.4 Å². The van der Waals surface area contributed by atoms with Gasteiger partial charge in [0.25, 0.3) is 0 Å². The molecule has 1 N–H and O–H groups in total. The zero-order valence-corrected chi connectivity index (χ0v) is 20.7. The van der Waals surface area contributed by atoms with Crippen LogP contribution in [0.4, 0.5) is 17.8 Å². The van der Waals surface area contributed by atoms with Crippen molar-refractivity contribution in [2.24, 2.45) is 5.10 Å². The lowest BCUT2D eigenvalue weighted by molar-refractivity contribution is 0.0735. The molecule has 2 aliphatic rings. The summed E-state index contributed by atoms with van der Waals surface area (Å²) in [6, 6.07) is 8.72. The standard InChI is InChI=1S/C24H27N7O4S/c1-33-19-15-17(6-7-18(19)35-21(32)20-5-4-14-36-20)16-25-29-22-26-23(30-8-2-3-9-30)28-24(27-22)31-10-12-34-13-11-31/h4-7,14-16H,2-3,8-13H2,1H3,(H,26,27,28,29)/b25-16+. The normalized spacial score (nSPS) is 15.9. The third-order valence-electron chi connectivity index (χ3n) is 5.79. The number of hydrogen-bond acceptors (Lipinski definition) is 12. The Labute approximate surface area is 212 Å².